The van der Waals surface area contributed by atoms with Crippen LogP contribution >= 0.6 is 0 Å². The molecular weight excluding hydrogens is 336 g/mol. The number of ether oxygens (including phenoxy) is 1. The summed E-state index contributed by atoms with van der Waals surface area (Å²) in [5.74, 6) is 1.57. The van der Waals surface area contributed by atoms with Crippen LogP contribution in [0.3, 0.4) is 0 Å². The zero-order chi connectivity index (χ0) is 19.3. The quantitative estimate of drug-likeness (QED) is 0.550. The van der Waals surface area contributed by atoms with Gasteiger partial charge in [-0.15, -0.1) is 0 Å². The highest BCUT2D eigenvalue weighted by molar-refractivity contribution is 5.55. The molecule has 0 aromatic heterocycles. The summed E-state index contributed by atoms with van der Waals surface area (Å²) in [4.78, 5) is 15.2. The van der Waals surface area contributed by atoms with Crippen LogP contribution in [0.15, 0.2) is 24.3 Å². The van der Waals surface area contributed by atoms with E-state index in [0.29, 0.717) is 24.4 Å². The Labute approximate surface area is 164 Å². The first-order chi connectivity index (χ1) is 13.0. The van der Waals surface area contributed by atoms with Gasteiger partial charge in [0, 0.05) is 38.4 Å². The van der Waals surface area contributed by atoms with E-state index in [4.69, 9.17) is 4.74 Å². The number of para-hydroxylation sites is 1. The minimum atomic E-state index is 0.439. The minimum Gasteiger partial charge on any atom is -0.467 e. The third kappa shape index (κ3) is 5.25. The maximum atomic E-state index is 10.3. The highest BCUT2D eigenvalue weighted by Gasteiger charge is 2.31. The van der Waals surface area contributed by atoms with Crippen LogP contribution in [0, 0.1) is 11.3 Å². The predicted molar refractivity (Wildman–Crippen MR) is 111 cm³/mol. The van der Waals surface area contributed by atoms with Gasteiger partial charge in [-0.05, 0) is 54.6 Å². The molecule has 0 N–H and O–H groups in total. The van der Waals surface area contributed by atoms with E-state index in [1.165, 1.54) is 31.4 Å². The third-order valence-corrected chi connectivity index (χ3v) is 6.63. The van der Waals surface area contributed by atoms with E-state index in [1.54, 1.807) is 5.56 Å². The topological polar surface area (TPSA) is 32.8 Å². The van der Waals surface area contributed by atoms with E-state index in [9.17, 15) is 4.79 Å². The van der Waals surface area contributed by atoms with Gasteiger partial charge in [0.15, 0.2) is 0 Å². The predicted octanol–water partition coefficient (Wildman–Crippen LogP) is 4.30. The molecule has 3 rings (SSSR count). The van der Waals surface area contributed by atoms with Crippen molar-refractivity contribution < 1.29 is 9.53 Å². The van der Waals surface area contributed by atoms with Crippen molar-refractivity contribution in [3.8, 4) is 0 Å². The molecule has 1 aromatic carbocycles. The van der Waals surface area contributed by atoms with Gasteiger partial charge < -0.3 is 9.64 Å². The smallest absolute Gasteiger partial charge is 0.293 e. The summed E-state index contributed by atoms with van der Waals surface area (Å²) in [6.07, 6.45) is 5.35. The molecule has 4 nitrogen and oxygen atoms in total. The molecule has 0 bridgehead atoms. The number of hydrogen-bond donors (Lipinski definition) is 0. The molecule has 0 spiro atoms. The summed E-state index contributed by atoms with van der Waals surface area (Å²) in [5, 5.41) is 0. The Morgan fingerprint density at radius 2 is 1.70 bits per heavy atom. The molecule has 4 heteroatoms. The second-order valence-corrected chi connectivity index (χ2v) is 9.27. The molecule has 150 valence electrons. The van der Waals surface area contributed by atoms with Gasteiger partial charge in [0.05, 0.1) is 0 Å². The second kappa shape index (κ2) is 9.09. The van der Waals surface area contributed by atoms with E-state index in [1.807, 2.05) is 0 Å². The average molecular weight is 373 g/mol. The fourth-order valence-electron chi connectivity index (χ4n) is 4.83. The van der Waals surface area contributed by atoms with Crippen LogP contribution in [0.1, 0.15) is 57.9 Å². The number of carbonyl (C=O) groups is 1. The van der Waals surface area contributed by atoms with Gasteiger partial charge in [-0.25, -0.2) is 0 Å². The van der Waals surface area contributed by atoms with Gasteiger partial charge in [0.25, 0.3) is 6.47 Å². The molecule has 2 aliphatic rings. The Balaban J connectivity index is 1.60. The molecule has 27 heavy (non-hydrogen) atoms. The first-order valence-corrected chi connectivity index (χ1v) is 10.6. The molecule has 0 radical (unpaired) electrons. The summed E-state index contributed by atoms with van der Waals surface area (Å²) in [6, 6.07) is 9.07. The normalized spacial score (nSPS) is 24.6. The summed E-state index contributed by atoms with van der Waals surface area (Å²) in [7, 11) is 0. The molecule has 1 saturated heterocycles. The highest BCUT2D eigenvalue weighted by Crippen LogP contribution is 2.45. The van der Waals surface area contributed by atoms with E-state index in [2.05, 4.69) is 54.8 Å². The SMILES string of the molecule is CC(C)(C)C1CCC(c2ccccc2N2CCN(CCOC=O)CC2)CC1. The minimum absolute atomic E-state index is 0.439. The maximum Gasteiger partial charge on any atom is 0.293 e. The average Bonchev–Trinajstić information content (AvgIpc) is 2.68. The Hall–Kier alpha value is -1.55. The van der Waals surface area contributed by atoms with Crippen molar-refractivity contribution in [3.63, 3.8) is 0 Å². The van der Waals surface area contributed by atoms with E-state index >= 15 is 0 Å². The maximum absolute atomic E-state index is 10.3. The highest BCUT2D eigenvalue weighted by atomic mass is 16.5. The Morgan fingerprint density at radius 1 is 1.04 bits per heavy atom. The van der Waals surface area contributed by atoms with Crippen LogP contribution in [0.5, 0.6) is 0 Å². The fraction of sp³-hybridized carbons (Fsp3) is 0.696. The summed E-state index contributed by atoms with van der Waals surface area (Å²) in [6.45, 7) is 13.2. The van der Waals surface area contributed by atoms with Crippen molar-refractivity contribution in [2.24, 2.45) is 11.3 Å². The molecular formula is C23H36N2O2. The largest absolute Gasteiger partial charge is 0.467 e. The zero-order valence-corrected chi connectivity index (χ0v) is 17.3. The molecule has 1 heterocycles. The third-order valence-electron chi connectivity index (χ3n) is 6.63. The molecule has 1 saturated carbocycles. The zero-order valence-electron chi connectivity index (χ0n) is 17.3. The van der Waals surface area contributed by atoms with E-state index in [-0.39, 0.29) is 0 Å². The molecule has 2 fully saturated rings. The van der Waals surface area contributed by atoms with Crippen molar-refractivity contribution in [1.82, 2.24) is 4.90 Å². The number of rotatable bonds is 6. The van der Waals surface area contributed by atoms with Crippen LogP contribution in [-0.4, -0.2) is 50.7 Å². The van der Waals surface area contributed by atoms with Gasteiger partial charge in [0.1, 0.15) is 6.61 Å². The monoisotopic (exact) mass is 372 g/mol. The second-order valence-electron chi connectivity index (χ2n) is 9.27. The molecule has 0 amide bonds. The standard InChI is InChI=1S/C23H36N2O2/c1-23(2,3)20-10-8-19(9-11-20)21-6-4-5-7-22(21)25-14-12-24(13-15-25)16-17-27-18-26/h4-7,18-20H,8-17H2,1-3H3. The van der Waals surface area contributed by atoms with E-state index < -0.39 is 0 Å². The first kappa shape index (κ1) is 20.2. The van der Waals surface area contributed by atoms with Gasteiger partial charge >= 0.3 is 0 Å². The fourth-order valence-corrected chi connectivity index (χ4v) is 4.83. The Bertz CT molecular complexity index is 595. The number of piperazine rings is 1. The Morgan fingerprint density at radius 3 is 2.33 bits per heavy atom. The summed E-state index contributed by atoms with van der Waals surface area (Å²) < 4.78 is 4.84. The van der Waals surface area contributed by atoms with Crippen LogP contribution in [0.2, 0.25) is 0 Å². The van der Waals surface area contributed by atoms with Crippen molar-refractivity contribution in [3.05, 3.63) is 29.8 Å². The van der Waals surface area contributed by atoms with Crippen LogP contribution in [0.4, 0.5) is 5.69 Å². The lowest BCUT2D eigenvalue weighted by Crippen LogP contribution is -2.47. The first-order valence-electron chi connectivity index (χ1n) is 10.6. The van der Waals surface area contributed by atoms with Gasteiger partial charge in [-0.1, -0.05) is 39.0 Å². The number of hydrogen-bond acceptors (Lipinski definition) is 4. The van der Waals surface area contributed by atoms with Crippen molar-refractivity contribution in [1.29, 1.82) is 0 Å². The van der Waals surface area contributed by atoms with Gasteiger partial charge in [-0.2, -0.15) is 0 Å². The van der Waals surface area contributed by atoms with Crippen LogP contribution in [-0.2, 0) is 9.53 Å². The van der Waals surface area contributed by atoms with Crippen LogP contribution < -0.4 is 4.90 Å². The van der Waals surface area contributed by atoms with E-state index in [0.717, 1.165) is 38.6 Å². The van der Waals surface area contributed by atoms with Crippen LogP contribution in [0.25, 0.3) is 0 Å². The number of nitrogens with zero attached hydrogens (tertiary/aromatic N) is 2. The summed E-state index contributed by atoms with van der Waals surface area (Å²) >= 11 is 0. The molecule has 1 aromatic rings. The molecule has 0 unspecified atom stereocenters. The summed E-state index contributed by atoms with van der Waals surface area (Å²) in [5.41, 5.74) is 3.44. The lowest BCUT2D eigenvalue weighted by molar-refractivity contribution is -0.129. The lowest BCUT2D eigenvalue weighted by atomic mass is 9.68. The van der Waals surface area contributed by atoms with Gasteiger partial charge in [0.2, 0.25) is 0 Å². The molecule has 1 aliphatic heterocycles. The Kier molecular flexibility index (Phi) is 6.80. The van der Waals surface area contributed by atoms with Crippen molar-refractivity contribution in [2.45, 2.75) is 52.4 Å². The van der Waals surface area contributed by atoms with Crippen molar-refractivity contribution >= 4 is 12.2 Å². The molecule has 0 atom stereocenters. The number of anilines is 1. The lowest BCUT2D eigenvalue weighted by Gasteiger charge is -2.40. The van der Waals surface area contributed by atoms with Gasteiger partial charge in [-0.3, -0.25) is 9.69 Å². The molecule has 1 aliphatic carbocycles. The van der Waals surface area contributed by atoms with Crippen molar-refractivity contribution in [2.75, 3.05) is 44.2 Å². The number of benzene rings is 1. The number of carbonyl (C=O) groups excluding carboxylic acids is 1.